The fraction of sp³-hybridized carbons (Fsp3) is 0.355. The molecule has 0 bridgehead atoms. The van der Waals surface area contributed by atoms with Crippen LogP contribution in [-0.2, 0) is 26.2 Å². The van der Waals surface area contributed by atoms with Gasteiger partial charge in [0.1, 0.15) is 24.2 Å². The number of anilines is 1. The van der Waals surface area contributed by atoms with Crippen LogP contribution in [-0.4, -0.2) is 50.9 Å². The first-order chi connectivity index (χ1) is 19.6. The maximum Gasteiger partial charge on any atom is 0.264 e. The Balaban J connectivity index is 2.01. The van der Waals surface area contributed by atoms with E-state index in [2.05, 4.69) is 5.32 Å². The summed E-state index contributed by atoms with van der Waals surface area (Å²) in [6.45, 7) is 7.28. The molecule has 0 radical (unpaired) electrons. The number of amides is 2. The van der Waals surface area contributed by atoms with Crippen LogP contribution in [0.3, 0.4) is 0 Å². The molecule has 0 heterocycles. The number of sulfonamides is 1. The van der Waals surface area contributed by atoms with E-state index in [9.17, 15) is 22.4 Å². The van der Waals surface area contributed by atoms with Gasteiger partial charge >= 0.3 is 0 Å². The van der Waals surface area contributed by atoms with Gasteiger partial charge < -0.3 is 15.0 Å². The van der Waals surface area contributed by atoms with Crippen LogP contribution in [0.5, 0.6) is 5.75 Å². The van der Waals surface area contributed by atoms with Gasteiger partial charge in [-0.2, -0.15) is 0 Å². The molecule has 1 N–H and O–H groups in total. The number of unbranched alkanes of at least 4 members (excludes halogenated alkanes) is 1. The Labute approximate surface area is 242 Å². The molecule has 3 aromatic rings. The molecule has 0 aliphatic carbocycles. The molecule has 0 saturated heterocycles. The van der Waals surface area contributed by atoms with Gasteiger partial charge in [-0.15, -0.1) is 0 Å². The summed E-state index contributed by atoms with van der Waals surface area (Å²) in [5.74, 6) is -1.04. The van der Waals surface area contributed by atoms with Crippen molar-refractivity contribution in [1.82, 2.24) is 10.2 Å². The third-order valence-electron chi connectivity index (χ3n) is 6.62. The first-order valence-corrected chi connectivity index (χ1v) is 15.1. The van der Waals surface area contributed by atoms with Crippen LogP contribution in [0.25, 0.3) is 0 Å². The molecule has 0 spiro atoms. The van der Waals surface area contributed by atoms with Crippen LogP contribution >= 0.6 is 0 Å². The van der Waals surface area contributed by atoms with Crippen molar-refractivity contribution >= 4 is 27.5 Å². The summed E-state index contributed by atoms with van der Waals surface area (Å²) in [4.78, 5) is 28.1. The maximum atomic E-state index is 14.6. The van der Waals surface area contributed by atoms with Crippen LogP contribution < -0.4 is 14.4 Å². The third kappa shape index (κ3) is 8.29. The molecular formula is C31H38FN3O5S. The molecule has 41 heavy (non-hydrogen) atoms. The minimum atomic E-state index is -4.20. The Morgan fingerprint density at radius 2 is 1.63 bits per heavy atom. The number of aryl methyl sites for hydroxylation is 1. The number of nitrogens with one attached hydrogen (secondary N) is 1. The molecule has 8 nitrogen and oxygen atoms in total. The average Bonchev–Trinajstić information content (AvgIpc) is 2.96. The van der Waals surface area contributed by atoms with E-state index < -0.39 is 40.2 Å². The standard InChI is InChI=1S/C31H38FN3O5S/c1-5-7-20-33-31(37)24(4)34(21-25-10-8-9-11-29(25)32)30(36)22-35(26-14-16-27(17-15-26)40-6-2)41(38,39)28-18-12-23(3)13-19-28/h8-19,24H,5-7,20-22H2,1-4H3,(H,33,37)/t24-/m0/s1. The Morgan fingerprint density at radius 1 is 0.976 bits per heavy atom. The molecule has 0 aliphatic heterocycles. The number of ether oxygens (including phenoxy) is 1. The van der Waals surface area contributed by atoms with Crippen molar-refractivity contribution < 1.29 is 27.1 Å². The van der Waals surface area contributed by atoms with Crippen LogP contribution in [0.15, 0.2) is 77.7 Å². The van der Waals surface area contributed by atoms with Crippen molar-refractivity contribution in [1.29, 1.82) is 0 Å². The molecule has 1 atom stereocenters. The molecule has 220 valence electrons. The molecular weight excluding hydrogens is 545 g/mol. The first kappa shape index (κ1) is 31.6. The van der Waals surface area contributed by atoms with Gasteiger partial charge in [-0.1, -0.05) is 49.2 Å². The lowest BCUT2D eigenvalue weighted by atomic mass is 10.1. The molecule has 3 rings (SSSR count). The highest BCUT2D eigenvalue weighted by molar-refractivity contribution is 7.92. The van der Waals surface area contributed by atoms with Gasteiger partial charge in [0.05, 0.1) is 17.2 Å². The lowest BCUT2D eigenvalue weighted by Gasteiger charge is -2.32. The Bertz CT molecular complexity index is 1410. The summed E-state index contributed by atoms with van der Waals surface area (Å²) in [6.07, 6.45) is 1.64. The number of nitrogens with zero attached hydrogens (tertiary/aromatic N) is 2. The highest BCUT2D eigenvalue weighted by atomic mass is 32.2. The number of halogens is 1. The zero-order chi connectivity index (χ0) is 30.0. The smallest absolute Gasteiger partial charge is 0.264 e. The van der Waals surface area contributed by atoms with Crippen LogP contribution in [0, 0.1) is 12.7 Å². The summed E-state index contributed by atoms with van der Waals surface area (Å²) in [5.41, 5.74) is 1.34. The van der Waals surface area contributed by atoms with E-state index in [1.165, 1.54) is 35.2 Å². The molecule has 2 amide bonds. The van der Waals surface area contributed by atoms with Gasteiger partial charge in [0.2, 0.25) is 11.8 Å². The van der Waals surface area contributed by atoms with Crippen LogP contribution in [0.2, 0.25) is 0 Å². The van der Waals surface area contributed by atoms with Crippen molar-refractivity contribution in [2.75, 3.05) is 24.0 Å². The van der Waals surface area contributed by atoms with Crippen LogP contribution in [0.4, 0.5) is 10.1 Å². The number of rotatable bonds is 14. The van der Waals surface area contributed by atoms with Gasteiger partial charge in [-0.3, -0.25) is 13.9 Å². The second-order valence-electron chi connectivity index (χ2n) is 9.69. The molecule has 3 aromatic carbocycles. The quantitative estimate of drug-likeness (QED) is 0.268. The molecule has 0 aromatic heterocycles. The van der Waals surface area contributed by atoms with E-state index in [4.69, 9.17) is 4.74 Å². The van der Waals surface area contributed by atoms with Crippen molar-refractivity contribution in [2.24, 2.45) is 0 Å². The van der Waals surface area contributed by atoms with E-state index in [1.54, 1.807) is 49.4 Å². The topological polar surface area (TPSA) is 96.0 Å². The summed E-state index contributed by atoms with van der Waals surface area (Å²) >= 11 is 0. The van der Waals surface area contributed by atoms with Gasteiger partial charge in [-0.05, 0) is 69.7 Å². The van der Waals surface area contributed by atoms with Crippen molar-refractivity contribution in [3.8, 4) is 5.75 Å². The number of carbonyl (C=O) groups is 2. The SMILES string of the molecule is CCCCNC(=O)[C@H](C)N(Cc1ccccc1F)C(=O)CN(c1ccc(OCC)cc1)S(=O)(=O)c1ccc(C)cc1. The van der Waals surface area contributed by atoms with E-state index in [0.717, 1.165) is 22.7 Å². The third-order valence-corrected chi connectivity index (χ3v) is 8.41. The molecule has 10 heteroatoms. The van der Waals surface area contributed by atoms with Gasteiger partial charge in [0, 0.05) is 18.7 Å². The molecule has 0 fully saturated rings. The van der Waals surface area contributed by atoms with E-state index in [0.29, 0.717) is 18.9 Å². The van der Waals surface area contributed by atoms with Crippen molar-refractivity contribution in [3.05, 3.63) is 89.7 Å². The number of benzene rings is 3. The Hall–Kier alpha value is -3.92. The fourth-order valence-electron chi connectivity index (χ4n) is 4.17. The predicted octanol–water partition coefficient (Wildman–Crippen LogP) is 5.06. The zero-order valence-corrected chi connectivity index (χ0v) is 24.8. The van der Waals surface area contributed by atoms with Crippen LogP contribution in [0.1, 0.15) is 44.7 Å². The van der Waals surface area contributed by atoms with Gasteiger partial charge in [0.15, 0.2) is 0 Å². The summed E-state index contributed by atoms with van der Waals surface area (Å²) < 4.78 is 48.9. The van der Waals surface area contributed by atoms with Gasteiger partial charge in [0.25, 0.3) is 10.0 Å². The Morgan fingerprint density at radius 3 is 2.24 bits per heavy atom. The zero-order valence-electron chi connectivity index (χ0n) is 24.0. The normalized spacial score (nSPS) is 11.9. The van der Waals surface area contributed by atoms with Gasteiger partial charge in [-0.25, -0.2) is 12.8 Å². The van der Waals surface area contributed by atoms with E-state index in [1.807, 2.05) is 20.8 Å². The predicted molar refractivity (Wildman–Crippen MR) is 158 cm³/mol. The van der Waals surface area contributed by atoms with E-state index in [-0.39, 0.29) is 22.7 Å². The minimum absolute atomic E-state index is 0.01000. The highest BCUT2D eigenvalue weighted by Gasteiger charge is 2.32. The summed E-state index contributed by atoms with van der Waals surface area (Å²) in [6, 6.07) is 17.7. The average molecular weight is 584 g/mol. The lowest BCUT2D eigenvalue weighted by Crippen LogP contribution is -2.51. The lowest BCUT2D eigenvalue weighted by molar-refractivity contribution is -0.139. The number of hydrogen-bond acceptors (Lipinski definition) is 5. The molecule has 0 saturated carbocycles. The Kier molecular flexibility index (Phi) is 11.3. The number of hydrogen-bond donors (Lipinski definition) is 1. The second kappa shape index (κ2) is 14.6. The highest BCUT2D eigenvalue weighted by Crippen LogP contribution is 2.27. The number of carbonyl (C=O) groups excluding carboxylic acids is 2. The largest absolute Gasteiger partial charge is 0.494 e. The van der Waals surface area contributed by atoms with E-state index >= 15 is 0 Å². The molecule has 0 unspecified atom stereocenters. The minimum Gasteiger partial charge on any atom is -0.494 e. The maximum absolute atomic E-state index is 14.6. The monoisotopic (exact) mass is 583 g/mol. The summed E-state index contributed by atoms with van der Waals surface area (Å²) in [5, 5.41) is 2.81. The van der Waals surface area contributed by atoms with Crippen molar-refractivity contribution in [2.45, 2.75) is 58.0 Å². The first-order valence-electron chi connectivity index (χ1n) is 13.7. The summed E-state index contributed by atoms with van der Waals surface area (Å²) in [7, 11) is -4.20. The fourth-order valence-corrected chi connectivity index (χ4v) is 5.58. The second-order valence-corrected chi connectivity index (χ2v) is 11.5. The van der Waals surface area contributed by atoms with Crippen molar-refractivity contribution in [3.63, 3.8) is 0 Å². The molecule has 0 aliphatic rings.